The fourth-order valence-corrected chi connectivity index (χ4v) is 13.8. The standard InChI is InChI=1S/C71H51NS/c1-70(2)63-27-12-9-22-58(63)61-26-15-25-60(69(61)70)56-20-8-7-19-54(56)47-33-40-52(41-34-47)72(53-42-35-48(36-43-53)55-24-16-30-67-68(55)62-23-11-14-29-66(62)73-67)51-38-31-46(32-39-51)49-37-44-59-57-21-10-13-28-64(57)71(3,65(59)45-49)50-17-5-4-6-18-50/h4-45H,1-3H3. The van der Waals surface area contributed by atoms with Gasteiger partial charge in [-0.15, -0.1) is 11.3 Å². The molecular weight excluding hydrogens is 899 g/mol. The Morgan fingerprint density at radius 2 is 0.781 bits per heavy atom. The van der Waals surface area contributed by atoms with E-state index in [-0.39, 0.29) is 10.8 Å². The summed E-state index contributed by atoms with van der Waals surface area (Å²) in [4.78, 5) is 2.40. The Morgan fingerprint density at radius 1 is 0.315 bits per heavy atom. The van der Waals surface area contributed by atoms with E-state index in [2.05, 4.69) is 280 Å². The van der Waals surface area contributed by atoms with Gasteiger partial charge in [-0.25, -0.2) is 0 Å². The highest BCUT2D eigenvalue weighted by Crippen LogP contribution is 2.55. The number of hydrogen-bond donors (Lipinski definition) is 0. The molecule has 1 atom stereocenters. The summed E-state index contributed by atoms with van der Waals surface area (Å²) in [5.41, 5.74) is 24.9. The molecule has 0 N–H and O–H groups in total. The first-order valence-corrected chi connectivity index (χ1v) is 26.3. The number of nitrogens with zero attached hydrogens (tertiary/aromatic N) is 1. The van der Waals surface area contributed by atoms with E-state index in [1.54, 1.807) is 0 Å². The monoisotopic (exact) mass is 949 g/mol. The van der Waals surface area contributed by atoms with Gasteiger partial charge in [0.1, 0.15) is 0 Å². The first-order chi connectivity index (χ1) is 35.8. The SMILES string of the molecule is CC1(C)c2ccccc2-c2cccc(-c3ccccc3-c3ccc(N(c4ccc(-c5ccc6c(c5)C(C)(c5ccccc5)c5ccccc5-6)cc4)c4ccc(-c5cccc6sc7ccccc7c56)cc4)cc3)c21. The van der Waals surface area contributed by atoms with Crippen molar-refractivity contribution in [1.82, 2.24) is 0 Å². The van der Waals surface area contributed by atoms with Gasteiger partial charge in [-0.3, -0.25) is 0 Å². The molecule has 0 saturated heterocycles. The second-order valence-electron chi connectivity index (χ2n) is 20.5. The van der Waals surface area contributed by atoms with Crippen LogP contribution in [0.5, 0.6) is 0 Å². The zero-order valence-corrected chi connectivity index (χ0v) is 41.9. The summed E-state index contributed by atoms with van der Waals surface area (Å²) >= 11 is 1.87. The molecule has 2 aliphatic rings. The molecule has 2 aliphatic carbocycles. The lowest BCUT2D eigenvalue weighted by Gasteiger charge is -2.28. The molecule has 0 spiro atoms. The maximum absolute atomic E-state index is 2.44. The number of rotatable bonds is 8. The molecule has 14 rings (SSSR count). The fraction of sp³-hybridized carbons (Fsp3) is 0.0704. The lowest BCUT2D eigenvalue weighted by Crippen LogP contribution is -2.22. The Bertz CT molecular complexity index is 4100. The fourth-order valence-electron chi connectivity index (χ4n) is 12.6. The van der Waals surface area contributed by atoms with Crippen molar-refractivity contribution in [2.24, 2.45) is 0 Å². The van der Waals surface area contributed by atoms with Gasteiger partial charge in [0.05, 0.1) is 0 Å². The molecule has 346 valence electrons. The first kappa shape index (κ1) is 43.2. The van der Waals surface area contributed by atoms with Gasteiger partial charge in [0.15, 0.2) is 0 Å². The van der Waals surface area contributed by atoms with Crippen LogP contribution in [0, 0.1) is 0 Å². The van der Waals surface area contributed by atoms with Gasteiger partial charge in [-0.2, -0.15) is 0 Å². The van der Waals surface area contributed by atoms with Crippen LogP contribution in [0.1, 0.15) is 48.6 Å². The average molecular weight is 950 g/mol. The Balaban J connectivity index is 0.857. The molecule has 0 bridgehead atoms. The van der Waals surface area contributed by atoms with Crippen LogP contribution in [0.2, 0.25) is 0 Å². The molecule has 0 fully saturated rings. The third kappa shape index (κ3) is 6.74. The number of fused-ring (bicyclic) bond motifs is 9. The highest BCUT2D eigenvalue weighted by Gasteiger charge is 2.41. The van der Waals surface area contributed by atoms with E-state index in [1.807, 2.05) is 11.3 Å². The Labute approximate surface area is 432 Å². The molecule has 0 saturated carbocycles. The quantitative estimate of drug-likeness (QED) is 0.147. The number of benzene rings is 11. The van der Waals surface area contributed by atoms with Crippen molar-refractivity contribution in [3.8, 4) is 66.8 Å². The van der Waals surface area contributed by atoms with Gasteiger partial charge in [-0.1, -0.05) is 214 Å². The van der Waals surface area contributed by atoms with E-state index in [4.69, 9.17) is 0 Å². The Morgan fingerprint density at radius 3 is 1.48 bits per heavy atom. The predicted octanol–water partition coefficient (Wildman–Crippen LogP) is 19.8. The second-order valence-corrected chi connectivity index (χ2v) is 21.6. The van der Waals surface area contributed by atoms with Gasteiger partial charge < -0.3 is 4.90 Å². The molecule has 0 amide bonds. The molecule has 1 aromatic heterocycles. The van der Waals surface area contributed by atoms with Crippen LogP contribution in [0.3, 0.4) is 0 Å². The number of anilines is 3. The van der Waals surface area contributed by atoms with Gasteiger partial charge >= 0.3 is 0 Å². The maximum Gasteiger partial charge on any atom is 0.0462 e. The molecule has 1 heterocycles. The molecule has 12 aromatic rings. The summed E-state index contributed by atoms with van der Waals surface area (Å²) in [6, 6.07) is 94.8. The van der Waals surface area contributed by atoms with Crippen molar-refractivity contribution in [2.45, 2.75) is 31.6 Å². The van der Waals surface area contributed by atoms with Crippen LogP contribution in [0.15, 0.2) is 255 Å². The zero-order valence-electron chi connectivity index (χ0n) is 41.1. The third-order valence-electron chi connectivity index (χ3n) is 16.2. The average Bonchev–Trinajstić information content (AvgIpc) is 4.05. The van der Waals surface area contributed by atoms with Gasteiger partial charge in [-0.05, 0) is 156 Å². The first-order valence-electron chi connectivity index (χ1n) is 25.5. The van der Waals surface area contributed by atoms with Crippen molar-refractivity contribution in [2.75, 3.05) is 4.90 Å². The van der Waals surface area contributed by atoms with Crippen LogP contribution in [-0.4, -0.2) is 0 Å². The lowest BCUT2D eigenvalue weighted by molar-refractivity contribution is 0.662. The maximum atomic E-state index is 2.44. The van der Waals surface area contributed by atoms with Crippen molar-refractivity contribution in [3.05, 3.63) is 283 Å². The molecule has 73 heavy (non-hydrogen) atoms. The summed E-state index contributed by atoms with van der Waals surface area (Å²) in [6.07, 6.45) is 0. The van der Waals surface area contributed by atoms with Crippen LogP contribution in [-0.2, 0) is 10.8 Å². The zero-order chi connectivity index (χ0) is 48.8. The van der Waals surface area contributed by atoms with Gasteiger partial charge in [0.2, 0.25) is 0 Å². The molecule has 0 radical (unpaired) electrons. The normalized spacial score (nSPS) is 14.9. The number of thiophene rings is 1. The smallest absolute Gasteiger partial charge is 0.0462 e. The topological polar surface area (TPSA) is 3.24 Å². The van der Waals surface area contributed by atoms with Crippen molar-refractivity contribution in [3.63, 3.8) is 0 Å². The molecule has 11 aromatic carbocycles. The van der Waals surface area contributed by atoms with Gasteiger partial charge in [0, 0.05) is 48.1 Å². The lowest BCUT2D eigenvalue weighted by atomic mass is 9.74. The van der Waals surface area contributed by atoms with E-state index in [9.17, 15) is 0 Å². The Hall–Kier alpha value is -8.56. The van der Waals surface area contributed by atoms with E-state index in [1.165, 1.54) is 115 Å². The van der Waals surface area contributed by atoms with Crippen LogP contribution >= 0.6 is 11.3 Å². The second kappa shape index (κ2) is 16.8. The van der Waals surface area contributed by atoms with E-state index in [0.29, 0.717) is 0 Å². The summed E-state index contributed by atoms with van der Waals surface area (Å²) in [5, 5.41) is 2.64. The van der Waals surface area contributed by atoms with Crippen LogP contribution < -0.4 is 4.90 Å². The third-order valence-corrected chi connectivity index (χ3v) is 17.3. The van der Waals surface area contributed by atoms with E-state index in [0.717, 1.165) is 17.1 Å². The minimum atomic E-state index is -0.260. The summed E-state index contributed by atoms with van der Waals surface area (Å²) < 4.78 is 2.63. The number of hydrogen-bond acceptors (Lipinski definition) is 2. The molecule has 1 nitrogen and oxygen atoms in total. The van der Waals surface area contributed by atoms with E-state index < -0.39 is 0 Å². The highest BCUT2D eigenvalue weighted by atomic mass is 32.1. The van der Waals surface area contributed by atoms with Crippen molar-refractivity contribution in [1.29, 1.82) is 0 Å². The highest BCUT2D eigenvalue weighted by molar-refractivity contribution is 7.25. The predicted molar refractivity (Wildman–Crippen MR) is 311 cm³/mol. The van der Waals surface area contributed by atoms with Crippen molar-refractivity contribution < 1.29 is 0 Å². The minimum Gasteiger partial charge on any atom is -0.311 e. The molecular formula is C71H51NS. The van der Waals surface area contributed by atoms with Crippen LogP contribution in [0.25, 0.3) is 86.9 Å². The summed E-state index contributed by atoms with van der Waals surface area (Å²) in [5.74, 6) is 0. The molecule has 2 heteroatoms. The van der Waals surface area contributed by atoms with Crippen molar-refractivity contribution >= 4 is 48.6 Å². The summed E-state index contributed by atoms with van der Waals surface area (Å²) in [6.45, 7) is 7.15. The van der Waals surface area contributed by atoms with Crippen LogP contribution in [0.4, 0.5) is 17.1 Å². The molecule has 0 aliphatic heterocycles. The minimum absolute atomic E-state index is 0.121. The largest absolute Gasteiger partial charge is 0.311 e. The van der Waals surface area contributed by atoms with E-state index >= 15 is 0 Å². The summed E-state index contributed by atoms with van der Waals surface area (Å²) in [7, 11) is 0. The van der Waals surface area contributed by atoms with Gasteiger partial charge in [0.25, 0.3) is 0 Å². The molecule has 1 unspecified atom stereocenters. The Kier molecular flexibility index (Phi) is 9.94.